The number of alkyl halides is 3. The van der Waals surface area contributed by atoms with Gasteiger partial charge in [-0.2, -0.15) is 18.2 Å². The molecule has 12 heteroatoms. The molecular weight excluding hydrogens is 387 g/mol. The van der Waals surface area contributed by atoms with Crippen molar-refractivity contribution < 1.29 is 31.5 Å². The van der Waals surface area contributed by atoms with Crippen molar-refractivity contribution in [1.82, 2.24) is 9.99 Å². The molecule has 0 aliphatic heterocycles. The minimum atomic E-state index is -4.73. The lowest BCUT2D eigenvalue weighted by atomic mass is 10.2. The highest BCUT2D eigenvalue weighted by atomic mass is 35.5. The number of nitrogens with two attached hydrogens (primary N) is 1. The summed E-state index contributed by atoms with van der Waals surface area (Å²) in [6.07, 6.45) is -4.35. The van der Waals surface area contributed by atoms with Gasteiger partial charge in [0.25, 0.3) is 5.91 Å². The van der Waals surface area contributed by atoms with Crippen LogP contribution in [0.3, 0.4) is 0 Å². The highest BCUT2D eigenvalue weighted by Gasteiger charge is 2.32. The SMILES string of the molecule is NC(=O)N(Nc1ncc(C(F)(F)F)cc1Cl)C(=O)c1c(F)cccc1F. The number of amides is 3. The summed E-state index contributed by atoms with van der Waals surface area (Å²) in [5.41, 5.74) is 4.62. The maximum atomic E-state index is 13.7. The molecule has 0 unspecified atom stereocenters. The van der Waals surface area contributed by atoms with Gasteiger partial charge in [0.15, 0.2) is 5.82 Å². The largest absolute Gasteiger partial charge is 0.417 e. The number of hydrazine groups is 1. The number of carbonyl (C=O) groups excluding carboxylic acids is 2. The van der Waals surface area contributed by atoms with Crippen LogP contribution in [0.1, 0.15) is 15.9 Å². The molecule has 0 bridgehead atoms. The summed E-state index contributed by atoms with van der Waals surface area (Å²) < 4.78 is 65.1. The Morgan fingerprint density at radius 3 is 2.23 bits per heavy atom. The Labute approximate surface area is 147 Å². The molecule has 2 rings (SSSR count). The molecule has 0 spiro atoms. The quantitative estimate of drug-likeness (QED) is 0.615. The van der Waals surface area contributed by atoms with Gasteiger partial charge in [0.05, 0.1) is 10.6 Å². The number of benzene rings is 1. The lowest BCUT2D eigenvalue weighted by molar-refractivity contribution is -0.137. The minimum absolute atomic E-state index is 0.0387. The number of imide groups is 1. The van der Waals surface area contributed by atoms with Crippen LogP contribution >= 0.6 is 11.6 Å². The fourth-order valence-corrected chi connectivity index (χ4v) is 2.01. The molecule has 6 nitrogen and oxygen atoms in total. The van der Waals surface area contributed by atoms with E-state index in [4.69, 9.17) is 17.3 Å². The van der Waals surface area contributed by atoms with Crippen LogP contribution in [0.2, 0.25) is 5.02 Å². The second kappa shape index (κ2) is 7.12. The Kier molecular flexibility index (Phi) is 5.30. The lowest BCUT2D eigenvalue weighted by Gasteiger charge is -2.21. The van der Waals surface area contributed by atoms with E-state index in [9.17, 15) is 31.5 Å². The summed E-state index contributed by atoms with van der Waals surface area (Å²) >= 11 is 5.63. The Morgan fingerprint density at radius 1 is 1.19 bits per heavy atom. The number of rotatable bonds is 3. The fraction of sp³-hybridized carbons (Fsp3) is 0.0714. The Balaban J connectivity index is 2.38. The van der Waals surface area contributed by atoms with E-state index in [1.807, 2.05) is 5.43 Å². The summed E-state index contributed by atoms with van der Waals surface area (Å²) in [5.74, 6) is -4.67. The minimum Gasteiger partial charge on any atom is -0.350 e. The number of nitrogens with zero attached hydrogens (tertiary/aromatic N) is 2. The summed E-state index contributed by atoms with van der Waals surface area (Å²) in [5, 5.41) is -0.656. The highest BCUT2D eigenvalue weighted by Crippen LogP contribution is 2.32. The predicted molar refractivity (Wildman–Crippen MR) is 80.0 cm³/mol. The van der Waals surface area contributed by atoms with Gasteiger partial charge >= 0.3 is 12.2 Å². The zero-order valence-corrected chi connectivity index (χ0v) is 13.2. The summed E-state index contributed by atoms with van der Waals surface area (Å²) in [6.45, 7) is 0. The van der Waals surface area contributed by atoms with Crippen molar-refractivity contribution in [3.05, 3.63) is 58.2 Å². The second-order valence-electron chi connectivity index (χ2n) is 4.74. The van der Waals surface area contributed by atoms with Crippen LogP contribution in [-0.4, -0.2) is 21.9 Å². The van der Waals surface area contributed by atoms with Crippen LogP contribution in [0.4, 0.5) is 32.6 Å². The Morgan fingerprint density at radius 2 is 1.77 bits per heavy atom. The number of primary amides is 1. The molecule has 0 aliphatic carbocycles. The van der Waals surface area contributed by atoms with Gasteiger partial charge in [0.1, 0.15) is 17.2 Å². The number of hydrogen-bond acceptors (Lipinski definition) is 4. The standard InChI is InChI=1S/C14H8ClF5N4O2/c15-7-4-6(14(18,19)20)5-22-11(7)23-24(13(21)26)12(25)10-8(16)2-1-3-9(10)17/h1-5H,(H2,21,26)(H,22,23). The van der Waals surface area contributed by atoms with Crippen molar-refractivity contribution in [2.75, 3.05) is 5.43 Å². The number of pyridine rings is 1. The summed E-state index contributed by atoms with van der Waals surface area (Å²) in [7, 11) is 0. The van der Waals surface area contributed by atoms with Crippen molar-refractivity contribution in [2.45, 2.75) is 6.18 Å². The molecule has 0 aliphatic rings. The van der Waals surface area contributed by atoms with Crippen LogP contribution in [0.5, 0.6) is 0 Å². The Bertz CT molecular complexity index is 855. The topological polar surface area (TPSA) is 88.3 Å². The van der Waals surface area contributed by atoms with Crippen LogP contribution in [-0.2, 0) is 6.18 Å². The summed E-state index contributed by atoms with van der Waals surface area (Å²) in [4.78, 5) is 27.0. The first kappa shape index (κ1) is 19.4. The van der Waals surface area contributed by atoms with Gasteiger partial charge in [0.2, 0.25) is 0 Å². The zero-order chi connectivity index (χ0) is 19.6. The molecule has 1 aromatic heterocycles. The van der Waals surface area contributed by atoms with Crippen molar-refractivity contribution in [3.63, 3.8) is 0 Å². The smallest absolute Gasteiger partial charge is 0.350 e. The van der Waals surface area contributed by atoms with Gasteiger partial charge in [-0.05, 0) is 18.2 Å². The average molecular weight is 395 g/mol. The first-order valence-electron chi connectivity index (χ1n) is 6.59. The number of urea groups is 1. The molecule has 1 aromatic carbocycles. The van der Waals surface area contributed by atoms with Gasteiger partial charge in [-0.15, -0.1) is 0 Å². The van der Waals surface area contributed by atoms with Crippen LogP contribution in [0.15, 0.2) is 30.5 Å². The molecule has 3 N–H and O–H groups in total. The summed E-state index contributed by atoms with van der Waals surface area (Å²) in [6, 6.07) is 1.48. The zero-order valence-electron chi connectivity index (χ0n) is 12.4. The molecule has 0 atom stereocenters. The van der Waals surface area contributed by atoms with Gasteiger partial charge < -0.3 is 5.73 Å². The van der Waals surface area contributed by atoms with Crippen molar-refractivity contribution >= 4 is 29.4 Å². The van der Waals surface area contributed by atoms with Gasteiger partial charge in [-0.25, -0.2) is 18.6 Å². The molecule has 138 valence electrons. The van der Waals surface area contributed by atoms with Gasteiger partial charge in [-0.3, -0.25) is 10.2 Å². The van der Waals surface area contributed by atoms with E-state index in [1.165, 1.54) is 0 Å². The third-order valence-corrected chi connectivity index (χ3v) is 3.27. The number of anilines is 1. The number of nitrogens with one attached hydrogen (secondary N) is 1. The first-order chi connectivity index (χ1) is 12.0. The molecule has 2 aromatic rings. The van der Waals surface area contributed by atoms with Crippen LogP contribution in [0.25, 0.3) is 0 Å². The molecule has 26 heavy (non-hydrogen) atoms. The number of hydrogen-bond donors (Lipinski definition) is 2. The van der Waals surface area contributed by atoms with Crippen molar-refractivity contribution in [3.8, 4) is 0 Å². The average Bonchev–Trinajstić information content (AvgIpc) is 2.52. The third kappa shape index (κ3) is 3.99. The van der Waals surface area contributed by atoms with E-state index >= 15 is 0 Å². The van der Waals surface area contributed by atoms with E-state index in [0.717, 1.165) is 18.2 Å². The Hall–Kier alpha value is -2.95. The maximum Gasteiger partial charge on any atom is 0.417 e. The van der Waals surface area contributed by atoms with Gasteiger partial charge in [0, 0.05) is 6.20 Å². The highest BCUT2D eigenvalue weighted by molar-refractivity contribution is 6.33. The molecule has 3 amide bonds. The monoisotopic (exact) mass is 394 g/mol. The number of halogens is 6. The molecule has 0 radical (unpaired) electrons. The van der Waals surface area contributed by atoms with Crippen molar-refractivity contribution in [1.29, 1.82) is 0 Å². The van der Waals surface area contributed by atoms with Gasteiger partial charge in [-0.1, -0.05) is 17.7 Å². The lowest BCUT2D eigenvalue weighted by Crippen LogP contribution is -2.45. The van der Waals surface area contributed by atoms with Crippen LogP contribution < -0.4 is 11.2 Å². The molecule has 0 fully saturated rings. The first-order valence-corrected chi connectivity index (χ1v) is 6.97. The van der Waals surface area contributed by atoms with Crippen LogP contribution in [0, 0.1) is 11.6 Å². The second-order valence-corrected chi connectivity index (χ2v) is 5.15. The maximum absolute atomic E-state index is 13.7. The number of aromatic nitrogens is 1. The number of carbonyl (C=O) groups is 2. The molecule has 0 saturated heterocycles. The molecule has 0 saturated carbocycles. The van der Waals surface area contributed by atoms with Crippen molar-refractivity contribution in [2.24, 2.45) is 5.73 Å². The van der Waals surface area contributed by atoms with E-state index in [1.54, 1.807) is 0 Å². The predicted octanol–water partition coefficient (Wildman–Crippen LogP) is 3.58. The van der Waals surface area contributed by atoms with E-state index in [-0.39, 0.29) is 5.01 Å². The normalized spacial score (nSPS) is 11.2. The van der Waals surface area contributed by atoms with E-state index in [0.29, 0.717) is 12.3 Å². The molecular formula is C14H8ClF5N4O2. The van der Waals surface area contributed by atoms with E-state index in [2.05, 4.69) is 4.98 Å². The fourth-order valence-electron chi connectivity index (χ4n) is 1.80. The molecule has 1 heterocycles. The third-order valence-electron chi connectivity index (χ3n) is 2.99. The van der Waals surface area contributed by atoms with E-state index < -0.39 is 51.7 Å².